The predicted octanol–water partition coefficient (Wildman–Crippen LogP) is 1.61. The van der Waals surface area contributed by atoms with Crippen LogP contribution in [-0.4, -0.2) is 26.2 Å². The SMILES string of the molecule is Cn1cc(CC(O)CC2=CCCCC2)nn1. The highest BCUT2D eigenvalue weighted by molar-refractivity contribution is 5.07. The molecule has 1 aliphatic rings. The molecular weight excluding hydrogens is 202 g/mol. The van der Waals surface area contributed by atoms with Gasteiger partial charge >= 0.3 is 0 Å². The molecule has 1 aromatic rings. The summed E-state index contributed by atoms with van der Waals surface area (Å²) in [5, 5.41) is 17.8. The van der Waals surface area contributed by atoms with Gasteiger partial charge < -0.3 is 5.11 Å². The highest BCUT2D eigenvalue weighted by Crippen LogP contribution is 2.22. The van der Waals surface area contributed by atoms with E-state index in [-0.39, 0.29) is 6.10 Å². The Morgan fingerprint density at radius 3 is 2.94 bits per heavy atom. The minimum Gasteiger partial charge on any atom is -0.392 e. The first-order valence-electron chi connectivity index (χ1n) is 5.95. The molecule has 1 atom stereocenters. The molecule has 0 radical (unpaired) electrons. The van der Waals surface area contributed by atoms with Gasteiger partial charge in [0.25, 0.3) is 0 Å². The zero-order valence-corrected chi connectivity index (χ0v) is 9.76. The first kappa shape index (κ1) is 11.3. The second kappa shape index (κ2) is 5.25. The number of hydrogen-bond donors (Lipinski definition) is 1. The average molecular weight is 221 g/mol. The van der Waals surface area contributed by atoms with E-state index in [1.54, 1.807) is 4.68 Å². The molecule has 0 aromatic carbocycles. The Balaban J connectivity index is 1.83. The largest absolute Gasteiger partial charge is 0.392 e. The van der Waals surface area contributed by atoms with E-state index in [9.17, 15) is 5.11 Å². The van der Waals surface area contributed by atoms with Crippen LogP contribution in [0.3, 0.4) is 0 Å². The number of aryl methyl sites for hydroxylation is 1. The van der Waals surface area contributed by atoms with E-state index < -0.39 is 0 Å². The standard InChI is InChI=1S/C12H19N3O/c1-15-9-11(13-14-15)8-12(16)7-10-5-3-2-4-6-10/h5,9,12,16H,2-4,6-8H2,1H3. The van der Waals surface area contributed by atoms with Crippen LogP contribution in [0.5, 0.6) is 0 Å². The summed E-state index contributed by atoms with van der Waals surface area (Å²) in [5.41, 5.74) is 2.27. The lowest BCUT2D eigenvalue weighted by molar-refractivity contribution is 0.172. The van der Waals surface area contributed by atoms with Crippen LogP contribution in [0.2, 0.25) is 0 Å². The Kier molecular flexibility index (Phi) is 3.72. The summed E-state index contributed by atoms with van der Waals surface area (Å²) in [6, 6.07) is 0. The van der Waals surface area contributed by atoms with Crippen LogP contribution >= 0.6 is 0 Å². The predicted molar refractivity (Wildman–Crippen MR) is 61.9 cm³/mol. The maximum absolute atomic E-state index is 9.95. The molecular formula is C12H19N3O. The third kappa shape index (κ3) is 3.17. The summed E-state index contributed by atoms with van der Waals surface area (Å²) in [5.74, 6) is 0. The van der Waals surface area contributed by atoms with Gasteiger partial charge in [0.05, 0.1) is 11.8 Å². The number of aliphatic hydroxyl groups excluding tert-OH is 1. The van der Waals surface area contributed by atoms with Crippen molar-refractivity contribution in [3.63, 3.8) is 0 Å². The first-order chi connectivity index (χ1) is 7.74. The third-order valence-corrected chi connectivity index (χ3v) is 2.98. The smallest absolute Gasteiger partial charge is 0.0852 e. The van der Waals surface area contributed by atoms with Crippen LogP contribution in [0.25, 0.3) is 0 Å². The number of rotatable bonds is 4. The number of allylic oxidation sites excluding steroid dienone is 1. The summed E-state index contributed by atoms with van der Waals surface area (Å²) in [4.78, 5) is 0. The van der Waals surface area contributed by atoms with Gasteiger partial charge in [0.1, 0.15) is 0 Å². The molecule has 4 heteroatoms. The number of hydrogen-bond acceptors (Lipinski definition) is 3. The van der Waals surface area contributed by atoms with Crippen molar-refractivity contribution in [2.24, 2.45) is 7.05 Å². The number of aromatic nitrogens is 3. The Labute approximate surface area is 96.0 Å². The fourth-order valence-electron chi connectivity index (χ4n) is 2.20. The minimum atomic E-state index is -0.318. The van der Waals surface area contributed by atoms with Crippen LogP contribution in [0.4, 0.5) is 0 Å². The molecule has 1 aromatic heterocycles. The Bertz CT molecular complexity index is 370. The molecule has 0 fully saturated rings. The molecule has 0 spiro atoms. The van der Waals surface area contributed by atoms with Crippen molar-refractivity contribution in [1.29, 1.82) is 0 Å². The molecule has 1 N–H and O–H groups in total. The van der Waals surface area contributed by atoms with Gasteiger partial charge in [-0.2, -0.15) is 0 Å². The molecule has 4 nitrogen and oxygen atoms in total. The molecule has 0 bridgehead atoms. The normalized spacial score (nSPS) is 18.2. The molecule has 0 aliphatic heterocycles. The Hall–Kier alpha value is -1.16. The van der Waals surface area contributed by atoms with Gasteiger partial charge in [0.15, 0.2) is 0 Å². The van der Waals surface area contributed by atoms with Crippen molar-refractivity contribution in [2.45, 2.75) is 44.6 Å². The van der Waals surface area contributed by atoms with Gasteiger partial charge in [-0.3, -0.25) is 4.68 Å². The highest BCUT2D eigenvalue weighted by atomic mass is 16.3. The fraction of sp³-hybridized carbons (Fsp3) is 0.667. The van der Waals surface area contributed by atoms with Gasteiger partial charge in [-0.05, 0) is 32.1 Å². The van der Waals surface area contributed by atoms with Gasteiger partial charge in [-0.25, -0.2) is 0 Å². The van der Waals surface area contributed by atoms with E-state index in [0.717, 1.165) is 18.5 Å². The van der Waals surface area contributed by atoms with Gasteiger partial charge in [0.2, 0.25) is 0 Å². The minimum absolute atomic E-state index is 0.318. The van der Waals surface area contributed by atoms with E-state index in [1.165, 1.54) is 24.8 Å². The van der Waals surface area contributed by atoms with Crippen LogP contribution in [0.1, 0.15) is 37.8 Å². The topological polar surface area (TPSA) is 50.9 Å². The molecule has 1 aliphatic carbocycles. The summed E-state index contributed by atoms with van der Waals surface area (Å²) >= 11 is 0. The number of aliphatic hydroxyl groups is 1. The van der Waals surface area contributed by atoms with E-state index in [1.807, 2.05) is 13.2 Å². The van der Waals surface area contributed by atoms with Gasteiger partial charge in [-0.1, -0.05) is 16.9 Å². The summed E-state index contributed by atoms with van der Waals surface area (Å²) in [7, 11) is 1.84. The van der Waals surface area contributed by atoms with Crippen molar-refractivity contribution < 1.29 is 5.11 Å². The van der Waals surface area contributed by atoms with E-state index in [0.29, 0.717) is 6.42 Å². The molecule has 16 heavy (non-hydrogen) atoms. The third-order valence-electron chi connectivity index (χ3n) is 2.98. The van der Waals surface area contributed by atoms with Crippen LogP contribution in [-0.2, 0) is 13.5 Å². The maximum atomic E-state index is 9.95. The van der Waals surface area contributed by atoms with Gasteiger partial charge in [0, 0.05) is 19.7 Å². The maximum Gasteiger partial charge on any atom is 0.0852 e. The molecule has 0 saturated carbocycles. The Morgan fingerprint density at radius 1 is 1.44 bits per heavy atom. The lowest BCUT2D eigenvalue weighted by Crippen LogP contribution is -2.12. The summed E-state index contributed by atoms with van der Waals surface area (Å²) in [6.45, 7) is 0. The lowest BCUT2D eigenvalue weighted by Gasteiger charge is -2.15. The highest BCUT2D eigenvalue weighted by Gasteiger charge is 2.12. The summed E-state index contributed by atoms with van der Waals surface area (Å²) < 4.78 is 1.67. The summed E-state index contributed by atoms with van der Waals surface area (Å²) in [6.07, 6.45) is 10.1. The Morgan fingerprint density at radius 2 is 2.31 bits per heavy atom. The monoisotopic (exact) mass is 221 g/mol. The zero-order chi connectivity index (χ0) is 11.4. The van der Waals surface area contributed by atoms with E-state index in [4.69, 9.17) is 0 Å². The quantitative estimate of drug-likeness (QED) is 0.786. The van der Waals surface area contributed by atoms with E-state index >= 15 is 0 Å². The van der Waals surface area contributed by atoms with Gasteiger partial charge in [-0.15, -0.1) is 5.10 Å². The van der Waals surface area contributed by atoms with Crippen LogP contribution < -0.4 is 0 Å². The molecule has 1 unspecified atom stereocenters. The molecule has 2 rings (SSSR count). The molecule has 0 amide bonds. The molecule has 88 valence electrons. The van der Waals surface area contributed by atoms with Crippen molar-refractivity contribution >= 4 is 0 Å². The molecule has 1 heterocycles. The van der Waals surface area contributed by atoms with Crippen molar-refractivity contribution in [2.75, 3.05) is 0 Å². The number of nitrogens with zero attached hydrogens (tertiary/aromatic N) is 3. The van der Waals surface area contributed by atoms with Crippen LogP contribution in [0.15, 0.2) is 17.8 Å². The average Bonchev–Trinajstić information content (AvgIpc) is 2.65. The molecule has 0 saturated heterocycles. The van der Waals surface area contributed by atoms with Crippen LogP contribution in [0, 0.1) is 0 Å². The lowest BCUT2D eigenvalue weighted by atomic mass is 9.94. The zero-order valence-electron chi connectivity index (χ0n) is 9.76. The van der Waals surface area contributed by atoms with Crippen molar-refractivity contribution in [3.05, 3.63) is 23.5 Å². The fourth-order valence-corrected chi connectivity index (χ4v) is 2.20. The van der Waals surface area contributed by atoms with Crippen molar-refractivity contribution in [3.8, 4) is 0 Å². The first-order valence-corrected chi connectivity index (χ1v) is 5.95. The second-order valence-corrected chi connectivity index (χ2v) is 4.55. The second-order valence-electron chi connectivity index (χ2n) is 4.55. The van der Waals surface area contributed by atoms with Crippen molar-refractivity contribution in [1.82, 2.24) is 15.0 Å². The van der Waals surface area contributed by atoms with E-state index in [2.05, 4.69) is 16.4 Å².